The lowest BCUT2D eigenvalue weighted by Crippen LogP contribution is -2.33. The number of hydrogen-bond acceptors (Lipinski definition) is 2. The minimum Gasteiger partial charge on any atom is -0.455 e. The first-order valence-corrected chi connectivity index (χ1v) is 26.2. The third kappa shape index (κ3) is 6.05. The van der Waals surface area contributed by atoms with Gasteiger partial charge >= 0.3 is 0 Å². The first-order chi connectivity index (χ1) is 37.7. The molecule has 1 aliphatic heterocycles. The third-order valence-corrected chi connectivity index (χ3v) is 16.4. The molecule has 0 bridgehead atoms. The first-order valence-electron chi connectivity index (χ1n) is 26.2. The summed E-state index contributed by atoms with van der Waals surface area (Å²) in [5.74, 6) is 0. The van der Waals surface area contributed by atoms with E-state index in [1.807, 2.05) is 6.07 Å². The zero-order valence-electron chi connectivity index (χ0n) is 41.4. The van der Waals surface area contributed by atoms with Gasteiger partial charge in [-0.1, -0.05) is 231 Å². The number of furan rings is 1. The van der Waals surface area contributed by atoms with E-state index in [1.165, 1.54) is 72.0 Å². The molecule has 0 saturated heterocycles. The van der Waals surface area contributed by atoms with E-state index in [4.69, 9.17) is 4.42 Å². The smallest absolute Gasteiger partial charge is 0.143 e. The summed E-state index contributed by atoms with van der Waals surface area (Å²) in [6.45, 7) is 0. The van der Waals surface area contributed by atoms with Gasteiger partial charge in [0.25, 0.3) is 0 Å². The minimum absolute atomic E-state index is 0.575. The van der Waals surface area contributed by atoms with Crippen molar-refractivity contribution in [3.05, 3.63) is 301 Å². The topological polar surface area (TPSA) is 21.3 Å². The number of para-hydroxylation sites is 7. The van der Waals surface area contributed by atoms with Crippen LogP contribution < -0.4 is 4.90 Å². The Kier molecular flexibility index (Phi) is 9.25. The summed E-state index contributed by atoms with van der Waals surface area (Å²) in [5, 5.41) is 4.79. The van der Waals surface area contributed by atoms with Crippen LogP contribution in [0.25, 0.3) is 105 Å². The van der Waals surface area contributed by atoms with Crippen molar-refractivity contribution in [2.24, 2.45) is 0 Å². The highest BCUT2D eigenvalue weighted by atomic mass is 16.3. The Bertz CT molecular complexity index is 4640. The fourth-order valence-corrected chi connectivity index (χ4v) is 13.2. The summed E-state index contributed by atoms with van der Waals surface area (Å²) in [6, 6.07) is 103. The van der Waals surface area contributed by atoms with Gasteiger partial charge in [-0.15, -0.1) is 0 Å². The number of anilines is 3. The molecular weight excluding hydrogens is 921 g/mol. The zero-order valence-corrected chi connectivity index (χ0v) is 41.4. The summed E-state index contributed by atoms with van der Waals surface area (Å²) in [6.07, 6.45) is 0. The highest BCUT2D eigenvalue weighted by molar-refractivity contribution is 6.13. The maximum absolute atomic E-state index is 6.57. The molecule has 3 heteroatoms. The molecular formula is C73H46N2O. The lowest BCUT2D eigenvalue weighted by atomic mass is 9.65. The Morgan fingerprint density at radius 1 is 0.316 bits per heavy atom. The van der Waals surface area contributed by atoms with Gasteiger partial charge in [0.05, 0.1) is 33.5 Å². The van der Waals surface area contributed by atoms with Crippen molar-refractivity contribution in [2.75, 3.05) is 4.90 Å². The van der Waals surface area contributed by atoms with Gasteiger partial charge in [-0.2, -0.15) is 0 Å². The fourth-order valence-electron chi connectivity index (χ4n) is 13.2. The highest BCUT2D eigenvalue weighted by Gasteiger charge is 2.51. The molecule has 3 nitrogen and oxygen atoms in total. The molecule has 0 fully saturated rings. The largest absolute Gasteiger partial charge is 0.455 e. The van der Waals surface area contributed by atoms with Crippen molar-refractivity contribution in [3.63, 3.8) is 0 Å². The molecule has 1 unspecified atom stereocenters. The van der Waals surface area contributed by atoms with E-state index >= 15 is 0 Å². The Morgan fingerprint density at radius 3 is 1.66 bits per heavy atom. The quantitative estimate of drug-likeness (QED) is 0.159. The predicted octanol–water partition coefficient (Wildman–Crippen LogP) is 19.5. The molecule has 1 aliphatic carbocycles. The Balaban J connectivity index is 0.907. The Hall–Kier alpha value is -9.96. The highest BCUT2D eigenvalue weighted by Crippen LogP contribution is 2.62. The van der Waals surface area contributed by atoms with Crippen molar-refractivity contribution in [2.45, 2.75) is 5.41 Å². The van der Waals surface area contributed by atoms with Crippen LogP contribution >= 0.6 is 0 Å². The summed E-state index contributed by atoms with van der Waals surface area (Å²) < 4.78 is 9.09. The van der Waals surface area contributed by atoms with Gasteiger partial charge in [0, 0.05) is 43.9 Å². The molecule has 0 amide bonds. The number of fused-ring (bicyclic) bond motifs is 15. The van der Waals surface area contributed by atoms with E-state index in [2.05, 4.69) is 282 Å². The molecule has 16 rings (SSSR count). The summed E-state index contributed by atoms with van der Waals surface area (Å²) in [4.78, 5) is 2.47. The molecule has 2 aliphatic rings. The molecule has 354 valence electrons. The molecule has 0 radical (unpaired) electrons. The molecule has 2 aromatic heterocycles. The number of rotatable bonds is 7. The van der Waals surface area contributed by atoms with Gasteiger partial charge in [-0.25, -0.2) is 0 Å². The van der Waals surface area contributed by atoms with E-state index in [1.54, 1.807) is 0 Å². The minimum atomic E-state index is -0.575. The maximum Gasteiger partial charge on any atom is 0.143 e. The zero-order chi connectivity index (χ0) is 49.9. The van der Waals surface area contributed by atoms with Crippen LogP contribution in [-0.2, 0) is 5.41 Å². The van der Waals surface area contributed by atoms with Crippen molar-refractivity contribution >= 4 is 60.8 Å². The third-order valence-electron chi connectivity index (χ3n) is 16.4. The molecule has 12 aromatic carbocycles. The van der Waals surface area contributed by atoms with Crippen molar-refractivity contribution in [1.29, 1.82) is 0 Å². The average Bonchev–Trinajstić information content (AvgIpc) is 4.34. The van der Waals surface area contributed by atoms with Gasteiger partial charge in [0.2, 0.25) is 0 Å². The molecule has 0 N–H and O–H groups in total. The number of nitrogens with zero attached hydrogens (tertiary/aromatic N) is 2. The second-order valence-corrected chi connectivity index (χ2v) is 20.3. The van der Waals surface area contributed by atoms with Crippen LogP contribution in [0, 0.1) is 0 Å². The average molecular weight is 967 g/mol. The van der Waals surface area contributed by atoms with Crippen LogP contribution in [0.5, 0.6) is 0 Å². The van der Waals surface area contributed by atoms with Crippen molar-refractivity contribution in [1.82, 2.24) is 4.57 Å². The van der Waals surface area contributed by atoms with Gasteiger partial charge in [-0.3, -0.25) is 0 Å². The lowest BCUT2D eigenvalue weighted by molar-refractivity contribution is 0.670. The van der Waals surface area contributed by atoms with Gasteiger partial charge in [0.15, 0.2) is 0 Å². The van der Waals surface area contributed by atoms with E-state index in [9.17, 15) is 0 Å². The number of benzene rings is 12. The Morgan fingerprint density at radius 2 is 0.842 bits per heavy atom. The fraction of sp³-hybridized carbons (Fsp3) is 0.0137. The van der Waals surface area contributed by atoms with Crippen LogP contribution in [0.2, 0.25) is 0 Å². The van der Waals surface area contributed by atoms with Crippen LogP contribution in [0.15, 0.2) is 283 Å². The summed E-state index contributed by atoms with van der Waals surface area (Å²) >= 11 is 0. The van der Waals surface area contributed by atoms with E-state index in [0.717, 1.165) is 72.4 Å². The Labute approximate surface area is 440 Å². The number of aromatic nitrogens is 1. The van der Waals surface area contributed by atoms with Crippen LogP contribution in [0.1, 0.15) is 22.3 Å². The van der Waals surface area contributed by atoms with E-state index in [-0.39, 0.29) is 0 Å². The van der Waals surface area contributed by atoms with Crippen molar-refractivity contribution in [3.8, 4) is 61.3 Å². The molecule has 76 heavy (non-hydrogen) atoms. The van der Waals surface area contributed by atoms with Crippen molar-refractivity contribution < 1.29 is 4.42 Å². The molecule has 1 atom stereocenters. The molecule has 0 saturated carbocycles. The normalized spacial score (nSPS) is 14.1. The van der Waals surface area contributed by atoms with Crippen LogP contribution in [-0.4, -0.2) is 4.57 Å². The lowest BCUT2D eigenvalue weighted by Gasteiger charge is -2.39. The molecule has 14 aromatic rings. The molecule has 3 heterocycles. The van der Waals surface area contributed by atoms with E-state index in [0.29, 0.717) is 0 Å². The van der Waals surface area contributed by atoms with E-state index < -0.39 is 5.41 Å². The standard InChI is InChI=1S/C73H46N2O/c1-2-18-47(19-3-1)48-36-38-49(39-37-48)53-20-5-11-31-66(53)74(52-43-40-50(41-44-52)55-25-16-27-61-59-24-8-15-35-70(59)76-72(55)61)67-32-12-6-21-54(67)51-42-45-57-56-22-4-9-28-62(56)73(65(57)46-51)63-29-10-14-34-69(63)75-68-33-13-7-23-58(68)60-26-17-30-64(73)71(60)75/h1-46H. The number of hydrogen-bond donors (Lipinski definition) is 0. The van der Waals surface area contributed by atoms with Crippen LogP contribution in [0.3, 0.4) is 0 Å². The second kappa shape index (κ2) is 16.5. The summed E-state index contributed by atoms with van der Waals surface area (Å²) in [5.41, 5.74) is 25.0. The monoisotopic (exact) mass is 966 g/mol. The second-order valence-electron chi connectivity index (χ2n) is 20.3. The van der Waals surface area contributed by atoms with Gasteiger partial charge in [0.1, 0.15) is 11.2 Å². The SMILES string of the molecule is c1ccc(-c2ccc(-c3ccccc3N(c3ccc(-c4cccc5c4oc4ccccc45)cc3)c3ccccc3-c3ccc4c(c3)C3(c5ccccc5-4)c4ccccc4-n4c5ccccc5c5cccc3c54)cc2)cc1. The molecule has 1 spiro atoms. The predicted molar refractivity (Wildman–Crippen MR) is 315 cm³/mol. The van der Waals surface area contributed by atoms with Crippen LogP contribution in [0.4, 0.5) is 17.1 Å². The van der Waals surface area contributed by atoms with Gasteiger partial charge in [-0.05, 0) is 110 Å². The van der Waals surface area contributed by atoms with Gasteiger partial charge < -0.3 is 13.9 Å². The summed E-state index contributed by atoms with van der Waals surface area (Å²) in [7, 11) is 0. The maximum atomic E-state index is 6.57. The first kappa shape index (κ1) is 42.5.